The van der Waals surface area contributed by atoms with Crippen molar-refractivity contribution in [2.24, 2.45) is 12.8 Å². The maximum absolute atomic E-state index is 10.3. The zero-order valence-corrected chi connectivity index (χ0v) is 15.3. The van der Waals surface area contributed by atoms with Crippen LogP contribution in [0, 0.1) is 0 Å². The highest BCUT2D eigenvalue weighted by Crippen LogP contribution is 2.32. The molecule has 3 rings (SSSR count). The molecule has 3 aromatic rings. The van der Waals surface area contributed by atoms with Crippen LogP contribution in [0.25, 0.3) is 22.5 Å². The smallest absolute Gasteiger partial charge is 0.165 e. The molecule has 26 heavy (non-hydrogen) atoms. The van der Waals surface area contributed by atoms with Crippen LogP contribution in [0.3, 0.4) is 0 Å². The van der Waals surface area contributed by atoms with Crippen molar-refractivity contribution in [1.82, 2.24) is 19.7 Å². The molecule has 0 spiro atoms. The van der Waals surface area contributed by atoms with Gasteiger partial charge in [-0.2, -0.15) is 5.10 Å². The standard InChI is InChI=1S/C19H24N6O/c1-4-15(20)12-24(2)18-7-8-21-19(23-18)16-9-13(5-6-17(16)26)14-10-22-25(3)11-14/h5-11,15,26H,4,12,20H2,1-3H3. The van der Waals surface area contributed by atoms with E-state index in [0.29, 0.717) is 17.9 Å². The van der Waals surface area contributed by atoms with Gasteiger partial charge in [0, 0.05) is 44.6 Å². The third-order valence-electron chi connectivity index (χ3n) is 4.34. The molecule has 2 aromatic heterocycles. The Labute approximate surface area is 153 Å². The van der Waals surface area contributed by atoms with Gasteiger partial charge < -0.3 is 15.7 Å². The lowest BCUT2D eigenvalue weighted by atomic mass is 10.0. The SMILES string of the molecule is CCC(N)CN(C)c1ccnc(-c2cc(-c3cnn(C)c3)ccc2O)n1. The van der Waals surface area contributed by atoms with Crippen LogP contribution >= 0.6 is 0 Å². The lowest BCUT2D eigenvalue weighted by Gasteiger charge is -2.22. The summed E-state index contributed by atoms with van der Waals surface area (Å²) in [5.41, 5.74) is 8.54. The highest BCUT2D eigenvalue weighted by molar-refractivity contribution is 5.74. The first kappa shape index (κ1) is 17.9. The number of benzene rings is 1. The molecule has 7 nitrogen and oxygen atoms in total. The third kappa shape index (κ3) is 3.83. The first-order chi connectivity index (χ1) is 12.5. The minimum absolute atomic E-state index is 0.0840. The van der Waals surface area contributed by atoms with E-state index in [-0.39, 0.29) is 11.8 Å². The van der Waals surface area contributed by atoms with Crippen molar-refractivity contribution in [3.05, 3.63) is 42.9 Å². The molecule has 1 atom stereocenters. The Morgan fingerprint density at radius 3 is 2.77 bits per heavy atom. The molecule has 0 amide bonds. The largest absolute Gasteiger partial charge is 0.507 e. The van der Waals surface area contributed by atoms with E-state index >= 15 is 0 Å². The van der Waals surface area contributed by atoms with Gasteiger partial charge in [0.05, 0.1) is 11.8 Å². The lowest BCUT2D eigenvalue weighted by molar-refractivity contribution is 0.477. The summed E-state index contributed by atoms with van der Waals surface area (Å²) in [7, 11) is 3.82. The summed E-state index contributed by atoms with van der Waals surface area (Å²) in [6, 6.07) is 7.31. The van der Waals surface area contributed by atoms with E-state index < -0.39 is 0 Å². The van der Waals surface area contributed by atoms with Crippen LogP contribution in [-0.2, 0) is 7.05 Å². The van der Waals surface area contributed by atoms with Crippen LogP contribution in [0.2, 0.25) is 0 Å². The predicted molar refractivity (Wildman–Crippen MR) is 103 cm³/mol. The molecule has 0 radical (unpaired) electrons. The number of aromatic nitrogens is 4. The Morgan fingerprint density at radius 1 is 1.27 bits per heavy atom. The topological polar surface area (TPSA) is 93.1 Å². The summed E-state index contributed by atoms with van der Waals surface area (Å²) in [6.45, 7) is 2.76. The molecule has 0 aliphatic carbocycles. The molecule has 0 saturated heterocycles. The van der Waals surface area contributed by atoms with E-state index in [0.717, 1.165) is 23.4 Å². The van der Waals surface area contributed by atoms with Crippen LogP contribution < -0.4 is 10.6 Å². The van der Waals surface area contributed by atoms with Gasteiger partial charge in [0.2, 0.25) is 0 Å². The number of hydrogen-bond acceptors (Lipinski definition) is 6. The van der Waals surface area contributed by atoms with Gasteiger partial charge in [-0.25, -0.2) is 9.97 Å². The van der Waals surface area contributed by atoms with Crippen molar-refractivity contribution in [2.75, 3.05) is 18.5 Å². The van der Waals surface area contributed by atoms with Crippen LogP contribution in [0.1, 0.15) is 13.3 Å². The van der Waals surface area contributed by atoms with Crippen molar-refractivity contribution in [1.29, 1.82) is 0 Å². The van der Waals surface area contributed by atoms with Crippen molar-refractivity contribution in [2.45, 2.75) is 19.4 Å². The van der Waals surface area contributed by atoms with Crippen molar-refractivity contribution in [3.63, 3.8) is 0 Å². The van der Waals surface area contributed by atoms with E-state index in [1.165, 1.54) is 0 Å². The molecular weight excluding hydrogens is 328 g/mol. The Bertz CT molecular complexity index is 891. The molecule has 0 aliphatic rings. The number of aromatic hydroxyl groups is 1. The number of phenols is 1. The second kappa shape index (κ2) is 7.53. The van der Waals surface area contributed by atoms with Crippen LogP contribution in [0.5, 0.6) is 5.75 Å². The van der Waals surface area contributed by atoms with Gasteiger partial charge >= 0.3 is 0 Å². The van der Waals surface area contributed by atoms with E-state index in [2.05, 4.69) is 22.0 Å². The molecule has 0 saturated carbocycles. The zero-order chi connectivity index (χ0) is 18.7. The summed E-state index contributed by atoms with van der Waals surface area (Å²) in [5, 5.41) is 14.5. The molecule has 0 bridgehead atoms. The van der Waals surface area contributed by atoms with Gasteiger partial charge in [0.1, 0.15) is 11.6 Å². The van der Waals surface area contributed by atoms with Gasteiger partial charge in [-0.15, -0.1) is 0 Å². The highest BCUT2D eigenvalue weighted by Gasteiger charge is 2.13. The minimum Gasteiger partial charge on any atom is -0.507 e. The molecule has 2 heterocycles. The number of hydrogen-bond donors (Lipinski definition) is 2. The second-order valence-electron chi connectivity index (χ2n) is 6.42. The first-order valence-electron chi connectivity index (χ1n) is 8.60. The molecule has 1 aromatic carbocycles. The fourth-order valence-corrected chi connectivity index (χ4v) is 2.73. The van der Waals surface area contributed by atoms with Crippen LogP contribution in [-0.4, -0.2) is 44.5 Å². The Hall–Kier alpha value is -2.93. The van der Waals surface area contributed by atoms with E-state index in [1.54, 1.807) is 23.1 Å². The van der Waals surface area contributed by atoms with Gasteiger partial charge in [-0.1, -0.05) is 13.0 Å². The Kier molecular flexibility index (Phi) is 5.18. The number of aryl methyl sites for hydroxylation is 1. The first-order valence-corrected chi connectivity index (χ1v) is 8.60. The number of rotatable bonds is 6. The van der Waals surface area contributed by atoms with Gasteiger partial charge in [0.25, 0.3) is 0 Å². The molecule has 0 fully saturated rings. The quantitative estimate of drug-likeness (QED) is 0.708. The zero-order valence-electron chi connectivity index (χ0n) is 15.3. The van der Waals surface area contributed by atoms with Crippen molar-refractivity contribution < 1.29 is 5.11 Å². The summed E-state index contributed by atoms with van der Waals surface area (Å²) in [6.07, 6.45) is 6.30. The molecule has 7 heteroatoms. The maximum atomic E-state index is 10.3. The second-order valence-corrected chi connectivity index (χ2v) is 6.42. The molecule has 136 valence electrons. The fraction of sp³-hybridized carbons (Fsp3) is 0.316. The molecule has 3 N–H and O–H groups in total. The maximum Gasteiger partial charge on any atom is 0.165 e. The number of nitrogens with two attached hydrogens (primary N) is 1. The van der Waals surface area contributed by atoms with Gasteiger partial charge in [0.15, 0.2) is 5.82 Å². The number of anilines is 1. The van der Waals surface area contributed by atoms with Crippen LogP contribution in [0.4, 0.5) is 5.82 Å². The average molecular weight is 352 g/mol. The number of nitrogens with zero attached hydrogens (tertiary/aromatic N) is 5. The lowest BCUT2D eigenvalue weighted by Crippen LogP contribution is -2.35. The Morgan fingerprint density at radius 2 is 2.08 bits per heavy atom. The summed E-state index contributed by atoms with van der Waals surface area (Å²) < 4.78 is 1.74. The monoisotopic (exact) mass is 352 g/mol. The highest BCUT2D eigenvalue weighted by atomic mass is 16.3. The molecule has 1 unspecified atom stereocenters. The molecule has 0 aliphatic heterocycles. The van der Waals surface area contributed by atoms with Gasteiger partial charge in [-0.05, 0) is 30.2 Å². The Balaban J connectivity index is 1.95. The van der Waals surface area contributed by atoms with Crippen LogP contribution in [0.15, 0.2) is 42.9 Å². The van der Waals surface area contributed by atoms with E-state index in [4.69, 9.17) is 5.73 Å². The summed E-state index contributed by atoms with van der Waals surface area (Å²) >= 11 is 0. The number of likely N-dealkylation sites (N-methyl/N-ethyl adjacent to an activating group) is 1. The average Bonchev–Trinajstić information content (AvgIpc) is 3.08. The fourth-order valence-electron chi connectivity index (χ4n) is 2.73. The van der Waals surface area contributed by atoms with E-state index in [9.17, 15) is 5.11 Å². The minimum atomic E-state index is 0.0840. The number of phenolic OH excluding ortho intramolecular Hbond substituents is 1. The summed E-state index contributed by atoms with van der Waals surface area (Å²) in [4.78, 5) is 11.0. The van der Waals surface area contributed by atoms with Crippen molar-refractivity contribution >= 4 is 5.82 Å². The van der Waals surface area contributed by atoms with E-state index in [1.807, 2.05) is 43.4 Å². The summed E-state index contributed by atoms with van der Waals surface area (Å²) in [5.74, 6) is 1.38. The van der Waals surface area contributed by atoms with Crippen molar-refractivity contribution in [3.8, 4) is 28.3 Å². The van der Waals surface area contributed by atoms with Gasteiger partial charge in [-0.3, -0.25) is 4.68 Å². The molecular formula is C19H24N6O. The third-order valence-corrected chi connectivity index (χ3v) is 4.34. The predicted octanol–water partition coefficient (Wildman–Crippen LogP) is 2.42. The normalized spacial score (nSPS) is 12.2.